The Bertz CT molecular complexity index is 478. The smallest absolute Gasteiger partial charge is 0.306 e. The Morgan fingerprint density at radius 1 is 0.920 bits per heavy atom. The largest absolute Gasteiger partial charge is 0.462 e. The zero-order chi connectivity index (χ0) is 18.1. The molecule has 2 saturated carbocycles. The molecule has 0 radical (unpaired) electrons. The Balaban J connectivity index is 1.62. The average Bonchev–Trinajstić information content (AvgIpc) is 2.61. The lowest BCUT2D eigenvalue weighted by Crippen LogP contribution is -2.24. The third kappa shape index (κ3) is 7.54. The third-order valence-corrected chi connectivity index (χ3v) is 5.47. The summed E-state index contributed by atoms with van der Waals surface area (Å²) < 4.78 is 29.3. The summed E-state index contributed by atoms with van der Waals surface area (Å²) in [6.45, 7) is 3.89. The van der Waals surface area contributed by atoms with Crippen LogP contribution in [0.1, 0.15) is 64.2 Å². The van der Waals surface area contributed by atoms with Crippen molar-refractivity contribution in [2.24, 2.45) is 17.8 Å². The van der Waals surface area contributed by atoms with Gasteiger partial charge in [-0.15, -0.1) is 6.58 Å². The molecule has 140 valence electrons. The minimum atomic E-state index is -1.74. The molecule has 0 N–H and O–H groups in total. The van der Waals surface area contributed by atoms with E-state index in [1.165, 1.54) is 25.7 Å². The number of esters is 1. The van der Waals surface area contributed by atoms with Crippen LogP contribution >= 0.6 is 0 Å². The maximum Gasteiger partial charge on any atom is 0.306 e. The summed E-state index contributed by atoms with van der Waals surface area (Å²) in [6.07, 6.45) is 14.8. The molecule has 0 unspecified atom stereocenters. The predicted octanol–water partition coefficient (Wildman–Crippen LogP) is 6.20. The predicted molar refractivity (Wildman–Crippen MR) is 96.2 cm³/mol. The van der Waals surface area contributed by atoms with Crippen LogP contribution in [-0.2, 0) is 9.53 Å². The lowest BCUT2D eigenvalue weighted by atomic mass is 9.80. The van der Waals surface area contributed by atoms with Gasteiger partial charge in [0.1, 0.15) is 6.10 Å². The highest BCUT2D eigenvalue weighted by molar-refractivity contribution is 5.69. The van der Waals surface area contributed by atoms with E-state index >= 15 is 0 Å². The van der Waals surface area contributed by atoms with Gasteiger partial charge in [0.25, 0.3) is 6.08 Å². The fraction of sp³-hybridized carbons (Fsp3) is 0.667. The van der Waals surface area contributed by atoms with Crippen molar-refractivity contribution in [1.29, 1.82) is 0 Å². The van der Waals surface area contributed by atoms with Crippen LogP contribution in [0.3, 0.4) is 0 Å². The second-order valence-corrected chi connectivity index (χ2v) is 7.35. The number of carbonyl (C=O) groups is 1. The highest BCUT2D eigenvalue weighted by atomic mass is 19.3. The van der Waals surface area contributed by atoms with Crippen LogP contribution in [0.5, 0.6) is 0 Å². The van der Waals surface area contributed by atoms with E-state index in [9.17, 15) is 13.6 Å². The number of halogens is 2. The summed E-state index contributed by atoms with van der Waals surface area (Å²) in [7, 11) is 0. The second kappa shape index (κ2) is 10.5. The second-order valence-electron chi connectivity index (χ2n) is 7.35. The number of allylic oxidation sites excluding steroid dienone is 4. The summed E-state index contributed by atoms with van der Waals surface area (Å²) in [5.41, 5.74) is 0. The zero-order valence-corrected chi connectivity index (χ0v) is 15.0. The first-order chi connectivity index (χ1) is 12.1. The van der Waals surface area contributed by atoms with Crippen molar-refractivity contribution in [3.05, 3.63) is 37.0 Å². The molecule has 0 aliphatic heterocycles. The molecule has 0 aromatic carbocycles. The van der Waals surface area contributed by atoms with Gasteiger partial charge in [-0.2, -0.15) is 8.78 Å². The molecule has 0 amide bonds. The highest BCUT2D eigenvalue weighted by Gasteiger charge is 2.23. The Hall–Kier alpha value is -1.45. The third-order valence-electron chi connectivity index (χ3n) is 5.47. The van der Waals surface area contributed by atoms with Gasteiger partial charge >= 0.3 is 5.97 Å². The molecule has 4 heteroatoms. The number of hydrogen-bond donors (Lipinski definition) is 0. The molecular weight excluding hydrogens is 322 g/mol. The fourth-order valence-corrected chi connectivity index (χ4v) is 3.83. The van der Waals surface area contributed by atoms with Crippen molar-refractivity contribution in [1.82, 2.24) is 0 Å². The van der Waals surface area contributed by atoms with Crippen LogP contribution in [0.2, 0.25) is 0 Å². The minimum absolute atomic E-state index is 0.0323. The summed E-state index contributed by atoms with van der Waals surface area (Å²) in [5, 5.41) is 0. The number of rotatable bonds is 7. The van der Waals surface area contributed by atoms with E-state index in [-0.39, 0.29) is 24.9 Å². The van der Waals surface area contributed by atoms with Crippen LogP contribution < -0.4 is 0 Å². The number of ether oxygens (including phenoxy) is 1. The minimum Gasteiger partial charge on any atom is -0.462 e. The summed E-state index contributed by atoms with van der Waals surface area (Å²) >= 11 is 0. The van der Waals surface area contributed by atoms with Gasteiger partial charge in [0.15, 0.2) is 0 Å². The molecule has 0 spiro atoms. The average molecular weight is 352 g/mol. The standard InChI is InChI=1S/C21H30F2O2/c1-2-16-6-8-17(9-7-16)10-11-18-12-14-19(15-13-18)25-21(24)5-3-4-20(22)23/h2,4,10-11,16-19H,1,3,5-9,12-15H2. The van der Waals surface area contributed by atoms with Crippen LogP contribution in [0.15, 0.2) is 37.0 Å². The normalized spacial score (nSPS) is 30.0. The fourth-order valence-electron chi connectivity index (χ4n) is 3.83. The SMILES string of the molecule is C=CC1CCC(C=CC2CCC(OC(=O)CCC=C(F)F)CC2)CC1. The molecule has 2 aliphatic rings. The van der Waals surface area contributed by atoms with Crippen molar-refractivity contribution in [2.45, 2.75) is 70.3 Å². The van der Waals surface area contributed by atoms with Gasteiger partial charge in [0.05, 0.1) is 0 Å². The molecule has 2 nitrogen and oxygen atoms in total. The molecule has 25 heavy (non-hydrogen) atoms. The molecular formula is C21H30F2O2. The topological polar surface area (TPSA) is 26.3 Å². The van der Waals surface area contributed by atoms with E-state index in [0.717, 1.165) is 31.8 Å². The molecule has 2 aliphatic carbocycles. The van der Waals surface area contributed by atoms with Crippen molar-refractivity contribution in [3.8, 4) is 0 Å². The maximum atomic E-state index is 11.9. The van der Waals surface area contributed by atoms with Crippen LogP contribution in [0, 0.1) is 17.8 Å². The molecule has 2 rings (SSSR count). The van der Waals surface area contributed by atoms with Gasteiger partial charge in [-0.05, 0) is 81.6 Å². The first kappa shape index (κ1) is 19.9. The monoisotopic (exact) mass is 352 g/mol. The number of carbonyl (C=O) groups excluding carboxylic acids is 1. The Morgan fingerprint density at radius 3 is 1.96 bits per heavy atom. The molecule has 0 atom stereocenters. The molecule has 0 bridgehead atoms. The van der Waals surface area contributed by atoms with Crippen LogP contribution in [-0.4, -0.2) is 12.1 Å². The Labute approximate surface area is 150 Å². The Kier molecular flexibility index (Phi) is 8.36. The molecule has 0 saturated heterocycles. The Morgan fingerprint density at radius 2 is 1.44 bits per heavy atom. The van der Waals surface area contributed by atoms with E-state index in [4.69, 9.17) is 4.74 Å². The van der Waals surface area contributed by atoms with Crippen LogP contribution in [0.4, 0.5) is 8.78 Å². The first-order valence-corrected chi connectivity index (χ1v) is 9.58. The van der Waals surface area contributed by atoms with E-state index in [1.54, 1.807) is 0 Å². The van der Waals surface area contributed by atoms with Crippen molar-refractivity contribution in [2.75, 3.05) is 0 Å². The first-order valence-electron chi connectivity index (χ1n) is 9.58. The molecule has 2 fully saturated rings. The van der Waals surface area contributed by atoms with Gasteiger partial charge in [-0.25, -0.2) is 0 Å². The van der Waals surface area contributed by atoms with Crippen molar-refractivity contribution >= 4 is 5.97 Å². The van der Waals surface area contributed by atoms with E-state index in [0.29, 0.717) is 17.8 Å². The molecule has 0 aromatic rings. The van der Waals surface area contributed by atoms with Crippen molar-refractivity contribution < 1.29 is 18.3 Å². The maximum absolute atomic E-state index is 11.9. The van der Waals surface area contributed by atoms with Gasteiger partial charge in [0.2, 0.25) is 0 Å². The lowest BCUT2D eigenvalue weighted by molar-refractivity contribution is -0.150. The lowest BCUT2D eigenvalue weighted by Gasteiger charge is -2.28. The summed E-state index contributed by atoms with van der Waals surface area (Å²) in [5.74, 6) is 1.62. The van der Waals surface area contributed by atoms with Crippen LogP contribution in [0.25, 0.3) is 0 Å². The van der Waals surface area contributed by atoms with Crippen molar-refractivity contribution in [3.63, 3.8) is 0 Å². The molecule has 0 heterocycles. The zero-order valence-electron chi connectivity index (χ0n) is 15.0. The molecule has 0 aromatic heterocycles. The van der Waals surface area contributed by atoms with Gasteiger partial charge in [0, 0.05) is 6.42 Å². The van der Waals surface area contributed by atoms with Gasteiger partial charge < -0.3 is 4.74 Å². The number of hydrogen-bond acceptors (Lipinski definition) is 2. The highest BCUT2D eigenvalue weighted by Crippen LogP contribution is 2.32. The van der Waals surface area contributed by atoms with Gasteiger partial charge in [-0.3, -0.25) is 4.79 Å². The van der Waals surface area contributed by atoms with Gasteiger partial charge in [-0.1, -0.05) is 18.2 Å². The van der Waals surface area contributed by atoms with E-state index in [1.807, 2.05) is 0 Å². The van der Waals surface area contributed by atoms with E-state index in [2.05, 4.69) is 24.8 Å². The summed E-state index contributed by atoms with van der Waals surface area (Å²) in [4.78, 5) is 11.6. The van der Waals surface area contributed by atoms with E-state index < -0.39 is 6.08 Å². The quantitative estimate of drug-likeness (QED) is 0.403. The summed E-state index contributed by atoms with van der Waals surface area (Å²) in [6, 6.07) is 0.